The highest BCUT2D eigenvalue weighted by atomic mass is 32.2. The fourth-order valence-corrected chi connectivity index (χ4v) is 3.04. The van der Waals surface area contributed by atoms with Crippen LogP contribution >= 0.6 is 11.8 Å². The molecule has 126 valence electrons. The summed E-state index contributed by atoms with van der Waals surface area (Å²) >= 11 is 1.44. The summed E-state index contributed by atoms with van der Waals surface area (Å²) in [6, 6.07) is 11.3. The van der Waals surface area contributed by atoms with Crippen LogP contribution in [0.15, 0.2) is 52.2 Å². The minimum atomic E-state index is -0.592. The van der Waals surface area contributed by atoms with E-state index in [1.165, 1.54) is 11.8 Å². The molecule has 1 N–H and O–H groups in total. The average molecular weight is 345 g/mol. The quantitative estimate of drug-likeness (QED) is 0.664. The van der Waals surface area contributed by atoms with Crippen LogP contribution in [0, 0.1) is 6.92 Å². The van der Waals surface area contributed by atoms with Crippen molar-refractivity contribution in [1.82, 2.24) is 14.8 Å². The Morgan fingerprint density at radius 3 is 2.75 bits per heavy atom. The third-order valence-corrected chi connectivity index (χ3v) is 4.69. The molecule has 0 saturated heterocycles. The van der Waals surface area contributed by atoms with Gasteiger partial charge in [0.05, 0.1) is 17.9 Å². The minimum absolute atomic E-state index is 0.239. The van der Waals surface area contributed by atoms with Gasteiger partial charge in [0.25, 0.3) is 0 Å². The first-order valence-corrected chi connectivity index (χ1v) is 8.56. The van der Waals surface area contributed by atoms with Gasteiger partial charge in [0, 0.05) is 12.8 Å². The zero-order valence-corrected chi connectivity index (χ0v) is 14.4. The maximum Gasteiger partial charge on any atom is 0.191 e. The van der Waals surface area contributed by atoms with Crippen molar-refractivity contribution in [1.29, 1.82) is 0 Å². The molecule has 1 atom stereocenters. The number of thioether (sulfide) groups is 1. The van der Waals surface area contributed by atoms with Crippen molar-refractivity contribution in [3.63, 3.8) is 0 Å². The van der Waals surface area contributed by atoms with Crippen molar-refractivity contribution in [2.45, 2.75) is 18.2 Å². The van der Waals surface area contributed by atoms with Gasteiger partial charge >= 0.3 is 0 Å². The van der Waals surface area contributed by atoms with Crippen molar-refractivity contribution in [2.75, 3.05) is 12.4 Å². The molecular formula is C17H19N3O3S. The topological polar surface area (TPSA) is 73.3 Å². The number of benzene rings is 1. The summed E-state index contributed by atoms with van der Waals surface area (Å²) in [6.45, 7) is 2.13. The van der Waals surface area contributed by atoms with Gasteiger partial charge in [-0.25, -0.2) is 0 Å². The molecule has 6 nitrogen and oxygen atoms in total. The van der Waals surface area contributed by atoms with Crippen molar-refractivity contribution < 1.29 is 14.3 Å². The number of hydrogen-bond donors (Lipinski definition) is 1. The molecule has 0 fully saturated rings. The van der Waals surface area contributed by atoms with Crippen LogP contribution in [0.25, 0.3) is 11.4 Å². The van der Waals surface area contributed by atoms with Gasteiger partial charge in [0.2, 0.25) is 0 Å². The zero-order valence-electron chi connectivity index (χ0n) is 13.5. The summed E-state index contributed by atoms with van der Waals surface area (Å²) in [6.07, 6.45) is 1.04. The molecule has 3 aromatic rings. The summed E-state index contributed by atoms with van der Waals surface area (Å²) in [7, 11) is 1.90. The van der Waals surface area contributed by atoms with E-state index in [1.807, 2.05) is 54.9 Å². The van der Waals surface area contributed by atoms with Crippen molar-refractivity contribution in [2.24, 2.45) is 7.05 Å². The van der Waals surface area contributed by atoms with E-state index in [-0.39, 0.29) is 6.61 Å². The molecule has 2 heterocycles. The van der Waals surface area contributed by atoms with Gasteiger partial charge in [-0.2, -0.15) is 0 Å². The van der Waals surface area contributed by atoms with Crippen LogP contribution in [0.4, 0.5) is 0 Å². The van der Waals surface area contributed by atoms with Crippen LogP contribution in [0.1, 0.15) is 5.76 Å². The Morgan fingerprint density at radius 2 is 2.04 bits per heavy atom. The van der Waals surface area contributed by atoms with Gasteiger partial charge in [-0.05, 0) is 25.1 Å². The molecule has 0 spiro atoms. The second-order valence-corrected chi connectivity index (χ2v) is 6.33. The predicted molar refractivity (Wildman–Crippen MR) is 92.1 cm³/mol. The molecule has 24 heavy (non-hydrogen) atoms. The van der Waals surface area contributed by atoms with Gasteiger partial charge < -0.3 is 18.8 Å². The molecule has 1 unspecified atom stereocenters. The number of aliphatic hydroxyl groups is 1. The Bertz CT molecular complexity index is 785. The van der Waals surface area contributed by atoms with Crippen molar-refractivity contribution in [3.05, 3.63) is 48.4 Å². The molecule has 0 aliphatic heterocycles. The normalized spacial score (nSPS) is 12.3. The number of hydrogen-bond acceptors (Lipinski definition) is 6. The molecule has 0 aliphatic carbocycles. The largest absolute Gasteiger partial charge is 0.491 e. The molecule has 0 amide bonds. The standard InChI is InChI=1S/C17H19N3O3S/c1-12-15(8-9-22-12)16-18-19-17(20(16)2)24-11-13(21)10-23-14-6-4-3-5-7-14/h3-9,13,21H,10-11H2,1-2H3. The number of furan rings is 1. The highest BCUT2D eigenvalue weighted by Gasteiger charge is 2.16. The Kier molecular flexibility index (Phi) is 5.22. The maximum absolute atomic E-state index is 10.1. The molecule has 7 heteroatoms. The van der Waals surface area contributed by atoms with E-state index in [9.17, 15) is 5.11 Å². The van der Waals surface area contributed by atoms with Crippen LogP contribution in [0.2, 0.25) is 0 Å². The first-order valence-electron chi connectivity index (χ1n) is 7.57. The Labute approximate surface area is 144 Å². The van der Waals surface area contributed by atoms with Gasteiger partial charge in [0.1, 0.15) is 18.1 Å². The Balaban J connectivity index is 1.55. The molecule has 1 aromatic carbocycles. The summed E-state index contributed by atoms with van der Waals surface area (Å²) < 4.78 is 12.8. The van der Waals surface area contributed by atoms with E-state index in [4.69, 9.17) is 9.15 Å². The Hall–Kier alpha value is -2.25. The molecule has 0 saturated carbocycles. The number of para-hydroxylation sites is 1. The van der Waals surface area contributed by atoms with E-state index in [1.54, 1.807) is 6.26 Å². The van der Waals surface area contributed by atoms with Gasteiger partial charge in [-0.15, -0.1) is 10.2 Å². The average Bonchev–Trinajstić information content (AvgIpc) is 3.17. The highest BCUT2D eigenvalue weighted by Crippen LogP contribution is 2.26. The first-order chi connectivity index (χ1) is 11.6. The maximum atomic E-state index is 10.1. The van der Waals surface area contributed by atoms with Gasteiger partial charge in [-0.1, -0.05) is 30.0 Å². The van der Waals surface area contributed by atoms with Crippen molar-refractivity contribution >= 4 is 11.8 Å². The van der Waals surface area contributed by atoms with Gasteiger partial charge in [-0.3, -0.25) is 0 Å². The van der Waals surface area contributed by atoms with Crippen LogP contribution in [0.5, 0.6) is 5.75 Å². The minimum Gasteiger partial charge on any atom is -0.491 e. The summed E-state index contributed by atoms with van der Waals surface area (Å²) in [5, 5.41) is 19.2. The van der Waals surface area contributed by atoms with E-state index >= 15 is 0 Å². The van der Waals surface area contributed by atoms with Gasteiger partial charge in [0.15, 0.2) is 11.0 Å². The molecule has 2 aromatic heterocycles. The third-order valence-electron chi connectivity index (χ3n) is 3.53. The summed E-state index contributed by atoms with van der Waals surface area (Å²) in [4.78, 5) is 0. The monoisotopic (exact) mass is 345 g/mol. The summed E-state index contributed by atoms with van der Waals surface area (Å²) in [5.41, 5.74) is 0.921. The van der Waals surface area contributed by atoms with E-state index in [0.29, 0.717) is 5.75 Å². The number of aromatic nitrogens is 3. The van der Waals surface area contributed by atoms with Crippen LogP contribution < -0.4 is 4.74 Å². The second kappa shape index (κ2) is 7.55. The van der Waals surface area contributed by atoms with Crippen LogP contribution in [0.3, 0.4) is 0 Å². The Morgan fingerprint density at radius 1 is 1.25 bits per heavy atom. The lowest BCUT2D eigenvalue weighted by Gasteiger charge is -2.11. The number of ether oxygens (including phenoxy) is 1. The lowest BCUT2D eigenvalue weighted by Crippen LogP contribution is -2.20. The lowest BCUT2D eigenvalue weighted by molar-refractivity contribution is 0.126. The van der Waals surface area contributed by atoms with E-state index in [0.717, 1.165) is 28.1 Å². The number of aryl methyl sites for hydroxylation is 1. The second-order valence-electron chi connectivity index (χ2n) is 5.34. The fraction of sp³-hybridized carbons (Fsp3) is 0.294. The SMILES string of the molecule is Cc1occc1-c1nnc(SCC(O)COc2ccccc2)n1C. The summed E-state index contributed by atoms with van der Waals surface area (Å²) in [5.74, 6) is 2.78. The fourth-order valence-electron chi connectivity index (χ4n) is 2.22. The number of aliphatic hydroxyl groups excluding tert-OH is 1. The van der Waals surface area contributed by atoms with E-state index < -0.39 is 6.10 Å². The van der Waals surface area contributed by atoms with E-state index in [2.05, 4.69) is 10.2 Å². The molecule has 3 rings (SSSR count). The van der Waals surface area contributed by atoms with Crippen molar-refractivity contribution in [3.8, 4) is 17.1 Å². The number of nitrogens with zero attached hydrogens (tertiary/aromatic N) is 3. The first kappa shape index (κ1) is 16.6. The van der Waals surface area contributed by atoms with Crippen LogP contribution in [-0.2, 0) is 7.05 Å². The highest BCUT2D eigenvalue weighted by molar-refractivity contribution is 7.99. The smallest absolute Gasteiger partial charge is 0.191 e. The molecule has 0 bridgehead atoms. The molecular weight excluding hydrogens is 326 g/mol. The zero-order chi connectivity index (χ0) is 16.9. The predicted octanol–water partition coefficient (Wildman–Crippen LogP) is 2.92. The van der Waals surface area contributed by atoms with Crippen LogP contribution in [-0.4, -0.2) is 38.3 Å². The lowest BCUT2D eigenvalue weighted by atomic mass is 10.2. The number of rotatable bonds is 7. The third kappa shape index (κ3) is 3.80. The molecule has 0 aliphatic rings. The molecule has 0 radical (unpaired) electrons.